The fourth-order valence-electron chi connectivity index (χ4n) is 5.19. The fraction of sp³-hybridized carbons (Fsp3) is 0.512. The van der Waals surface area contributed by atoms with E-state index >= 15 is 0 Å². The summed E-state index contributed by atoms with van der Waals surface area (Å²) >= 11 is 0. The first-order valence-electron chi connectivity index (χ1n) is 18.3. The van der Waals surface area contributed by atoms with Gasteiger partial charge in [0.25, 0.3) is 0 Å². The highest BCUT2D eigenvalue weighted by Gasteiger charge is 2.17. The number of benzene rings is 3. The summed E-state index contributed by atoms with van der Waals surface area (Å²) in [4.78, 5) is 25.3. The van der Waals surface area contributed by atoms with Crippen molar-refractivity contribution in [3.05, 3.63) is 77.9 Å². The average molecular weight is 673 g/mol. The normalized spacial score (nSPS) is 11.8. The quantitative estimate of drug-likeness (QED) is 0.0407. The Bertz CT molecular complexity index is 1400. The van der Waals surface area contributed by atoms with Crippen molar-refractivity contribution >= 4 is 23.3 Å². The van der Waals surface area contributed by atoms with Crippen molar-refractivity contribution in [3.8, 4) is 17.2 Å². The first-order valence-corrected chi connectivity index (χ1v) is 18.3. The van der Waals surface area contributed by atoms with Gasteiger partial charge in [0.05, 0.1) is 23.5 Å². The Balaban J connectivity index is 1.37. The van der Waals surface area contributed by atoms with Crippen molar-refractivity contribution < 1.29 is 28.5 Å². The second-order valence-electron chi connectivity index (χ2n) is 12.6. The number of carbonyl (C=O) groups excluding carboxylic acids is 2. The number of rotatable bonds is 24. The molecule has 0 fully saturated rings. The molecule has 0 radical (unpaired) electrons. The number of hydrogen-bond donors (Lipinski definition) is 0. The molecule has 0 saturated carbocycles. The minimum atomic E-state index is -0.668. The van der Waals surface area contributed by atoms with E-state index in [1.165, 1.54) is 70.6 Å². The SMILES string of the molecule is CCCCCCCCCCCCOC(C)C(=O)Oc1ccc(C(=O)Oc2ccc(N=Nc3ccc(OCCCCCC)cc3)cc2C)cc1. The van der Waals surface area contributed by atoms with Crippen LogP contribution in [0.4, 0.5) is 11.4 Å². The molecule has 8 heteroatoms. The molecule has 3 aromatic rings. The lowest BCUT2D eigenvalue weighted by molar-refractivity contribution is -0.146. The van der Waals surface area contributed by atoms with Gasteiger partial charge < -0.3 is 18.9 Å². The van der Waals surface area contributed by atoms with Gasteiger partial charge in [-0.15, -0.1) is 0 Å². The predicted octanol–water partition coefficient (Wildman–Crippen LogP) is 11.8. The highest BCUT2D eigenvalue weighted by molar-refractivity contribution is 5.91. The zero-order valence-corrected chi connectivity index (χ0v) is 30.1. The van der Waals surface area contributed by atoms with Gasteiger partial charge in [-0.25, -0.2) is 9.59 Å². The van der Waals surface area contributed by atoms with Gasteiger partial charge in [0.1, 0.15) is 17.2 Å². The minimum Gasteiger partial charge on any atom is -0.494 e. The molecule has 0 bridgehead atoms. The summed E-state index contributed by atoms with van der Waals surface area (Å²) in [6, 6.07) is 19.1. The van der Waals surface area contributed by atoms with Gasteiger partial charge in [0.15, 0.2) is 6.10 Å². The maximum absolute atomic E-state index is 12.8. The monoisotopic (exact) mass is 672 g/mol. The lowest BCUT2D eigenvalue weighted by Gasteiger charge is -2.13. The smallest absolute Gasteiger partial charge is 0.343 e. The third-order valence-electron chi connectivity index (χ3n) is 8.25. The maximum Gasteiger partial charge on any atom is 0.343 e. The first kappa shape index (κ1) is 39.4. The van der Waals surface area contributed by atoms with Crippen LogP contribution in [0.1, 0.15) is 127 Å². The number of ether oxygens (including phenoxy) is 4. The minimum absolute atomic E-state index is 0.335. The summed E-state index contributed by atoms with van der Waals surface area (Å²) in [6.07, 6.45) is 16.5. The predicted molar refractivity (Wildman–Crippen MR) is 196 cm³/mol. The van der Waals surface area contributed by atoms with Gasteiger partial charge in [0, 0.05) is 6.61 Å². The Morgan fingerprint density at radius 2 is 1.14 bits per heavy atom. The lowest BCUT2D eigenvalue weighted by atomic mass is 10.1. The van der Waals surface area contributed by atoms with Gasteiger partial charge in [-0.2, -0.15) is 10.2 Å². The van der Waals surface area contributed by atoms with Crippen LogP contribution >= 0.6 is 0 Å². The molecule has 0 saturated heterocycles. The van der Waals surface area contributed by atoms with Gasteiger partial charge in [-0.3, -0.25) is 0 Å². The highest BCUT2D eigenvalue weighted by atomic mass is 16.6. The molecular weight excluding hydrogens is 616 g/mol. The maximum atomic E-state index is 12.8. The zero-order valence-electron chi connectivity index (χ0n) is 30.1. The fourth-order valence-corrected chi connectivity index (χ4v) is 5.19. The van der Waals surface area contributed by atoms with Crippen LogP contribution in [0.15, 0.2) is 77.0 Å². The molecule has 0 aliphatic carbocycles. The second kappa shape index (κ2) is 23.3. The van der Waals surface area contributed by atoms with E-state index in [-0.39, 0.29) is 0 Å². The number of esters is 2. The van der Waals surface area contributed by atoms with Crippen LogP contribution in [0, 0.1) is 6.92 Å². The van der Waals surface area contributed by atoms with Crippen molar-refractivity contribution in [2.45, 2.75) is 124 Å². The third-order valence-corrected chi connectivity index (χ3v) is 8.25. The summed E-state index contributed by atoms with van der Waals surface area (Å²) in [5.41, 5.74) is 2.43. The average Bonchev–Trinajstić information content (AvgIpc) is 3.11. The van der Waals surface area contributed by atoms with E-state index in [1.54, 1.807) is 43.3 Å². The van der Waals surface area contributed by atoms with Crippen molar-refractivity contribution in [3.63, 3.8) is 0 Å². The van der Waals surface area contributed by atoms with E-state index in [0.29, 0.717) is 41.7 Å². The summed E-state index contributed by atoms with van der Waals surface area (Å²) < 4.78 is 22.6. The van der Waals surface area contributed by atoms with Crippen molar-refractivity contribution in [1.82, 2.24) is 0 Å². The molecule has 49 heavy (non-hydrogen) atoms. The van der Waals surface area contributed by atoms with Crippen molar-refractivity contribution in [1.29, 1.82) is 0 Å². The van der Waals surface area contributed by atoms with Crippen LogP contribution in [-0.4, -0.2) is 31.3 Å². The van der Waals surface area contributed by atoms with E-state index < -0.39 is 18.0 Å². The zero-order chi connectivity index (χ0) is 35.1. The molecule has 0 aliphatic rings. The Morgan fingerprint density at radius 1 is 0.612 bits per heavy atom. The number of aryl methyl sites for hydroxylation is 1. The van der Waals surface area contributed by atoms with E-state index in [4.69, 9.17) is 18.9 Å². The lowest BCUT2D eigenvalue weighted by Crippen LogP contribution is -2.26. The van der Waals surface area contributed by atoms with Crippen LogP contribution in [0.25, 0.3) is 0 Å². The van der Waals surface area contributed by atoms with E-state index in [9.17, 15) is 9.59 Å². The molecular formula is C41H56N2O6. The number of unbranched alkanes of at least 4 members (excludes halogenated alkanes) is 12. The molecule has 0 amide bonds. The van der Waals surface area contributed by atoms with E-state index in [1.807, 2.05) is 37.3 Å². The van der Waals surface area contributed by atoms with Gasteiger partial charge in [0.2, 0.25) is 0 Å². The highest BCUT2D eigenvalue weighted by Crippen LogP contribution is 2.27. The number of nitrogens with zero attached hydrogens (tertiary/aromatic N) is 2. The Hall–Kier alpha value is -4.04. The summed E-state index contributed by atoms with van der Waals surface area (Å²) in [5.74, 6) is 0.604. The van der Waals surface area contributed by atoms with Crippen LogP contribution in [0.2, 0.25) is 0 Å². The van der Waals surface area contributed by atoms with Crippen molar-refractivity contribution in [2.75, 3.05) is 13.2 Å². The number of hydrogen-bond acceptors (Lipinski definition) is 8. The van der Waals surface area contributed by atoms with Crippen LogP contribution in [0.3, 0.4) is 0 Å². The largest absolute Gasteiger partial charge is 0.494 e. The summed E-state index contributed by atoms with van der Waals surface area (Å²) in [7, 11) is 0. The topological polar surface area (TPSA) is 95.8 Å². The Morgan fingerprint density at radius 3 is 1.78 bits per heavy atom. The molecule has 0 spiro atoms. The molecule has 3 rings (SSSR count). The molecule has 0 N–H and O–H groups in total. The Labute approximate surface area is 293 Å². The first-order chi connectivity index (χ1) is 23.9. The molecule has 3 aromatic carbocycles. The van der Waals surface area contributed by atoms with Crippen LogP contribution < -0.4 is 14.2 Å². The summed E-state index contributed by atoms with van der Waals surface area (Å²) in [5, 5.41) is 8.64. The number of carbonyl (C=O) groups is 2. The van der Waals surface area contributed by atoms with E-state index in [2.05, 4.69) is 24.1 Å². The molecule has 1 atom stereocenters. The van der Waals surface area contributed by atoms with Gasteiger partial charge >= 0.3 is 11.9 Å². The second-order valence-corrected chi connectivity index (χ2v) is 12.6. The summed E-state index contributed by atoms with van der Waals surface area (Å²) in [6.45, 7) is 9.22. The van der Waals surface area contributed by atoms with Crippen LogP contribution in [0.5, 0.6) is 17.2 Å². The standard InChI is InChI=1S/C41H56N2O6/c1-5-7-9-11-12-13-14-15-16-18-29-46-33(4)40(44)48-38-24-19-34(20-25-38)41(45)49-39-28-23-36(31-32(39)3)43-42-35-21-26-37(27-22-35)47-30-17-10-8-6-2/h19-28,31,33H,5-18,29-30H2,1-4H3. The van der Waals surface area contributed by atoms with Gasteiger partial charge in [-0.05, 0) is 99.0 Å². The Kier molecular flexibility index (Phi) is 18.8. The van der Waals surface area contributed by atoms with Crippen molar-refractivity contribution in [2.24, 2.45) is 10.2 Å². The molecule has 266 valence electrons. The molecule has 0 aromatic heterocycles. The van der Waals surface area contributed by atoms with E-state index in [0.717, 1.165) is 30.6 Å². The molecule has 0 heterocycles. The van der Waals surface area contributed by atoms with Gasteiger partial charge in [-0.1, -0.05) is 90.9 Å². The molecule has 0 aliphatic heterocycles. The third kappa shape index (κ3) is 15.8. The molecule has 1 unspecified atom stereocenters. The number of azo groups is 1. The molecule has 8 nitrogen and oxygen atoms in total. The van der Waals surface area contributed by atoms with Crippen LogP contribution in [-0.2, 0) is 9.53 Å².